The van der Waals surface area contributed by atoms with Gasteiger partial charge in [-0.2, -0.15) is 4.98 Å². The molecule has 94 valence electrons. The maximum atomic E-state index is 5.95. The molecule has 2 heterocycles. The molecule has 0 radical (unpaired) electrons. The van der Waals surface area contributed by atoms with Crippen molar-refractivity contribution in [3.05, 3.63) is 16.5 Å². The van der Waals surface area contributed by atoms with Crippen LogP contribution in [0, 0.1) is 0 Å². The SMILES string of the molecule is COC1(CNc2nc(Cl)ncc2Cl)CCOC1. The van der Waals surface area contributed by atoms with E-state index in [4.69, 9.17) is 32.7 Å². The summed E-state index contributed by atoms with van der Waals surface area (Å²) >= 11 is 11.7. The van der Waals surface area contributed by atoms with Gasteiger partial charge in [-0.3, -0.25) is 0 Å². The summed E-state index contributed by atoms with van der Waals surface area (Å²) in [7, 11) is 1.67. The lowest BCUT2D eigenvalue weighted by molar-refractivity contribution is -0.00625. The standard InChI is InChI=1S/C10H13Cl2N3O2/c1-16-10(2-3-17-6-10)5-14-8-7(11)4-13-9(12)15-8/h4H,2-3,5-6H2,1H3,(H,13,14,15). The van der Waals surface area contributed by atoms with Gasteiger partial charge in [0.2, 0.25) is 5.28 Å². The first-order chi connectivity index (χ1) is 8.15. The normalized spacial score (nSPS) is 23.9. The van der Waals surface area contributed by atoms with E-state index in [0.29, 0.717) is 30.6 Å². The van der Waals surface area contributed by atoms with Gasteiger partial charge in [-0.05, 0) is 11.6 Å². The number of aromatic nitrogens is 2. The van der Waals surface area contributed by atoms with E-state index >= 15 is 0 Å². The third-order valence-electron chi connectivity index (χ3n) is 2.79. The molecule has 0 aromatic carbocycles. The molecule has 1 saturated heterocycles. The van der Waals surface area contributed by atoms with Gasteiger partial charge >= 0.3 is 0 Å². The quantitative estimate of drug-likeness (QED) is 0.854. The van der Waals surface area contributed by atoms with Gasteiger partial charge in [-0.15, -0.1) is 0 Å². The smallest absolute Gasteiger partial charge is 0.224 e. The number of hydrogen-bond donors (Lipinski definition) is 1. The molecule has 1 N–H and O–H groups in total. The molecule has 5 nitrogen and oxygen atoms in total. The molecule has 1 atom stereocenters. The number of methoxy groups -OCH3 is 1. The molecule has 1 unspecified atom stereocenters. The number of anilines is 1. The number of rotatable bonds is 4. The average molecular weight is 278 g/mol. The number of ether oxygens (including phenoxy) is 2. The highest BCUT2D eigenvalue weighted by molar-refractivity contribution is 6.33. The summed E-state index contributed by atoms with van der Waals surface area (Å²) in [6.45, 7) is 1.83. The molecule has 1 fully saturated rings. The second-order valence-corrected chi connectivity index (χ2v) is 4.62. The van der Waals surface area contributed by atoms with Crippen molar-refractivity contribution < 1.29 is 9.47 Å². The van der Waals surface area contributed by atoms with Crippen molar-refractivity contribution in [2.75, 3.05) is 32.2 Å². The van der Waals surface area contributed by atoms with Crippen LogP contribution in [0.2, 0.25) is 10.3 Å². The Morgan fingerprint density at radius 3 is 3.06 bits per heavy atom. The summed E-state index contributed by atoms with van der Waals surface area (Å²) in [5, 5.41) is 3.70. The van der Waals surface area contributed by atoms with Crippen molar-refractivity contribution in [1.29, 1.82) is 0 Å². The molecule has 1 aromatic rings. The number of nitrogens with zero attached hydrogens (tertiary/aromatic N) is 2. The molecular weight excluding hydrogens is 265 g/mol. The summed E-state index contributed by atoms with van der Waals surface area (Å²) in [4.78, 5) is 7.80. The minimum absolute atomic E-state index is 0.158. The Kier molecular flexibility index (Phi) is 4.04. The summed E-state index contributed by atoms with van der Waals surface area (Å²) in [6, 6.07) is 0. The Morgan fingerprint density at radius 2 is 2.41 bits per heavy atom. The number of nitrogens with one attached hydrogen (secondary N) is 1. The fourth-order valence-corrected chi connectivity index (χ4v) is 1.97. The van der Waals surface area contributed by atoms with Crippen molar-refractivity contribution in [3.8, 4) is 0 Å². The molecule has 17 heavy (non-hydrogen) atoms. The molecule has 0 bridgehead atoms. The predicted molar refractivity (Wildman–Crippen MR) is 65.7 cm³/mol. The summed E-state index contributed by atoms with van der Waals surface area (Å²) < 4.78 is 10.8. The van der Waals surface area contributed by atoms with Crippen LogP contribution in [0.15, 0.2) is 6.20 Å². The van der Waals surface area contributed by atoms with E-state index in [1.54, 1.807) is 7.11 Å². The molecule has 0 saturated carbocycles. The van der Waals surface area contributed by atoms with Gasteiger partial charge in [0.1, 0.15) is 16.4 Å². The zero-order chi connectivity index (χ0) is 12.3. The first-order valence-corrected chi connectivity index (χ1v) is 5.96. The fraction of sp³-hybridized carbons (Fsp3) is 0.600. The molecule has 0 amide bonds. The maximum absolute atomic E-state index is 5.95. The van der Waals surface area contributed by atoms with Gasteiger partial charge in [0.15, 0.2) is 0 Å². The van der Waals surface area contributed by atoms with Crippen molar-refractivity contribution in [2.45, 2.75) is 12.0 Å². The molecule has 1 aliphatic rings. The zero-order valence-electron chi connectivity index (χ0n) is 9.37. The van der Waals surface area contributed by atoms with Crippen molar-refractivity contribution in [1.82, 2.24) is 9.97 Å². The van der Waals surface area contributed by atoms with E-state index in [2.05, 4.69) is 15.3 Å². The van der Waals surface area contributed by atoms with Crippen LogP contribution in [0.5, 0.6) is 0 Å². The highest BCUT2D eigenvalue weighted by Gasteiger charge is 2.34. The summed E-state index contributed by atoms with van der Waals surface area (Å²) in [5.41, 5.74) is -0.319. The van der Waals surface area contributed by atoms with Gasteiger partial charge in [0.25, 0.3) is 0 Å². The lowest BCUT2D eigenvalue weighted by Crippen LogP contribution is -2.39. The van der Waals surface area contributed by atoms with Gasteiger partial charge in [-0.25, -0.2) is 4.98 Å². The maximum Gasteiger partial charge on any atom is 0.224 e. The van der Waals surface area contributed by atoms with Crippen LogP contribution in [-0.4, -0.2) is 42.4 Å². The zero-order valence-corrected chi connectivity index (χ0v) is 10.9. The molecule has 2 rings (SSSR count). The van der Waals surface area contributed by atoms with E-state index < -0.39 is 0 Å². The number of hydrogen-bond acceptors (Lipinski definition) is 5. The monoisotopic (exact) mass is 277 g/mol. The van der Waals surface area contributed by atoms with Crippen molar-refractivity contribution in [3.63, 3.8) is 0 Å². The lowest BCUT2D eigenvalue weighted by Gasteiger charge is -2.26. The molecule has 0 aliphatic carbocycles. The Labute approximate surface area is 109 Å². The van der Waals surface area contributed by atoms with E-state index in [9.17, 15) is 0 Å². The molecule has 7 heteroatoms. The molecule has 1 aromatic heterocycles. The van der Waals surface area contributed by atoms with E-state index in [1.165, 1.54) is 6.20 Å². The topological polar surface area (TPSA) is 56.3 Å². The number of halogens is 2. The summed E-state index contributed by atoms with van der Waals surface area (Å²) in [5.74, 6) is 0.509. The van der Waals surface area contributed by atoms with Crippen LogP contribution in [0.25, 0.3) is 0 Å². The largest absolute Gasteiger partial charge is 0.378 e. The third kappa shape index (κ3) is 2.98. The van der Waals surface area contributed by atoms with E-state index in [0.717, 1.165) is 6.42 Å². The first-order valence-electron chi connectivity index (χ1n) is 5.20. The van der Waals surface area contributed by atoms with Crippen LogP contribution in [0.3, 0.4) is 0 Å². The van der Waals surface area contributed by atoms with E-state index in [1.807, 2.05) is 0 Å². The van der Waals surface area contributed by atoms with E-state index in [-0.39, 0.29) is 10.9 Å². The van der Waals surface area contributed by atoms with Crippen LogP contribution >= 0.6 is 23.2 Å². The molecular formula is C10H13Cl2N3O2. The highest BCUT2D eigenvalue weighted by Crippen LogP contribution is 2.25. The lowest BCUT2D eigenvalue weighted by atomic mass is 10.0. The summed E-state index contributed by atoms with van der Waals surface area (Å²) in [6.07, 6.45) is 2.30. The highest BCUT2D eigenvalue weighted by atomic mass is 35.5. The second kappa shape index (κ2) is 5.35. The fourth-order valence-electron chi connectivity index (χ4n) is 1.68. The van der Waals surface area contributed by atoms with Gasteiger partial charge < -0.3 is 14.8 Å². The molecule has 1 aliphatic heterocycles. The Bertz CT molecular complexity index is 397. The van der Waals surface area contributed by atoms with Gasteiger partial charge in [-0.1, -0.05) is 11.6 Å². The van der Waals surface area contributed by atoms with Gasteiger partial charge in [0.05, 0.1) is 12.8 Å². The minimum Gasteiger partial charge on any atom is -0.378 e. The van der Waals surface area contributed by atoms with Crippen LogP contribution < -0.4 is 5.32 Å². The minimum atomic E-state index is -0.319. The Balaban J connectivity index is 2.03. The van der Waals surface area contributed by atoms with Crippen LogP contribution in [-0.2, 0) is 9.47 Å². The second-order valence-electron chi connectivity index (χ2n) is 3.88. The Morgan fingerprint density at radius 1 is 1.59 bits per heavy atom. The van der Waals surface area contributed by atoms with Crippen LogP contribution in [0.1, 0.15) is 6.42 Å². The van der Waals surface area contributed by atoms with Crippen molar-refractivity contribution >= 4 is 29.0 Å². The van der Waals surface area contributed by atoms with Crippen molar-refractivity contribution in [2.24, 2.45) is 0 Å². The average Bonchev–Trinajstić information content (AvgIpc) is 2.80. The Hall–Kier alpha value is -0.620. The van der Waals surface area contributed by atoms with Crippen LogP contribution in [0.4, 0.5) is 5.82 Å². The first kappa shape index (κ1) is 12.8. The predicted octanol–water partition coefficient (Wildman–Crippen LogP) is 2.00. The van der Waals surface area contributed by atoms with Gasteiger partial charge in [0, 0.05) is 26.7 Å². The molecule has 0 spiro atoms. The third-order valence-corrected chi connectivity index (χ3v) is 3.25.